The summed E-state index contributed by atoms with van der Waals surface area (Å²) in [5.41, 5.74) is 0. The number of aliphatic hydroxyl groups is 1. The van der Waals surface area contributed by atoms with E-state index in [1.54, 1.807) is 8.61 Å². The molecule has 112 valence electrons. The molecule has 1 saturated carbocycles. The SMILES string of the molecule is CCN(C1CCCC1)S(=O)(=O)N1CCC(CO)CC1. The standard InChI is InChI=1S/C13H26N2O3S/c1-2-15(13-5-3-4-6-13)19(17,18)14-9-7-12(11-16)8-10-14/h12-13,16H,2-11H2,1H3. The Morgan fingerprint density at radius 3 is 2.21 bits per heavy atom. The van der Waals surface area contributed by atoms with Crippen molar-refractivity contribution in [1.29, 1.82) is 0 Å². The first kappa shape index (κ1) is 15.2. The Bertz CT molecular complexity index is 371. The molecular formula is C13H26N2O3S. The van der Waals surface area contributed by atoms with Crippen LogP contribution in [0.25, 0.3) is 0 Å². The Labute approximate surface area is 116 Å². The number of aliphatic hydroxyl groups excluding tert-OH is 1. The Morgan fingerprint density at radius 1 is 1.16 bits per heavy atom. The smallest absolute Gasteiger partial charge is 0.282 e. The lowest BCUT2D eigenvalue weighted by molar-refractivity contribution is 0.164. The third-order valence-electron chi connectivity index (χ3n) is 4.50. The zero-order valence-electron chi connectivity index (χ0n) is 11.8. The van der Waals surface area contributed by atoms with E-state index < -0.39 is 10.2 Å². The van der Waals surface area contributed by atoms with Gasteiger partial charge in [0.15, 0.2) is 0 Å². The average Bonchev–Trinajstić information content (AvgIpc) is 2.93. The first-order valence-corrected chi connectivity index (χ1v) is 8.87. The fourth-order valence-corrected chi connectivity index (χ4v) is 5.16. The summed E-state index contributed by atoms with van der Waals surface area (Å²) in [6.07, 6.45) is 5.84. The second-order valence-electron chi connectivity index (χ2n) is 5.67. The lowest BCUT2D eigenvalue weighted by Gasteiger charge is -2.36. The van der Waals surface area contributed by atoms with Crippen LogP contribution in [-0.4, -0.2) is 54.4 Å². The van der Waals surface area contributed by atoms with Crippen LogP contribution in [0.1, 0.15) is 45.4 Å². The van der Waals surface area contributed by atoms with E-state index in [2.05, 4.69) is 0 Å². The maximum absolute atomic E-state index is 12.7. The van der Waals surface area contributed by atoms with Crippen molar-refractivity contribution in [3.63, 3.8) is 0 Å². The molecule has 1 heterocycles. The molecule has 2 fully saturated rings. The van der Waals surface area contributed by atoms with Crippen LogP contribution in [0, 0.1) is 5.92 Å². The van der Waals surface area contributed by atoms with E-state index >= 15 is 0 Å². The highest BCUT2D eigenvalue weighted by Gasteiger charge is 2.36. The molecule has 0 radical (unpaired) electrons. The molecule has 1 aliphatic heterocycles. The van der Waals surface area contributed by atoms with Crippen molar-refractivity contribution < 1.29 is 13.5 Å². The average molecular weight is 290 g/mol. The fraction of sp³-hybridized carbons (Fsp3) is 1.00. The highest BCUT2D eigenvalue weighted by atomic mass is 32.2. The minimum atomic E-state index is -3.30. The first-order chi connectivity index (χ1) is 9.09. The maximum Gasteiger partial charge on any atom is 0.282 e. The molecule has 6 heteroatoms. The van der Waals surface area contributed by atoms with E-state index in [-0.39, 0.29) is 18.6 Å². The van der Waals surface area contributed by atoms with E-state index in [9.17, 15) is 8.42 Å². The molecule has 0 spiro atoms. The van der Waals surface area contributed by atoms with Crippen molar-refractivity contribution in [2.75, 3.05) is 26.2 Å². The fourth-order valence-electron chi connectivity index (χ4n) is 3.27. The van der Waals surface area contributed by atoms with E-state index in [1.807, 2.05) is 6.92 Å². The third-order valence-corrected chi connectivity index (χ3v) is 6.66. The van der Waals surface area contributed by atoms with Crippen molar-refractivity contribution >= 4 is 10.2 Å². The van der Waals surface area contributed by atoms with Gasteiger partial charge in [-0.15, -0.1) is 0 Å². The van der Waals surface area contributed by atoms with E-state index in [4.69, 9.17) is 5.11 Å². The quantitative estimate of drug-likeness (QED) is 0.827. The highest BCUT2D eigenvalue weighted by Crippen LogP contribution is 2.28. The summed E-state index contributed by atoms with van der Waals surface area (Å²) in [6, 6.07) is 0.200. The minimum Gasteiger partial charge on any atom is -0.396 e. The van der Waals surface area contributed by atoms with Crippen LogP contribution in [0.15, 0.2) is 0 Å². The van der Waals surface area contributed by atoms with Crippen molar-refractivity contribution in [1.82, 2.24) is 8.61 Å². The van der Waals surface area contributed by atoms with Crippen molar-refractivity contribution in [2.24, 2.45) is 5.92 Å². The number of piperidine rings is 1. The molecule has 19 heavy (non-hydrogen) atoms. The predicted molar refractivity (Wildman–Crippen MR) is 74.9 cm³/mol. The van der Waals surface area contributed by atoms with E-state index in [0.717, 1.165) is 38.5 Å². The Hall–Kier alpha value is -0.170. The summed E-state index contributed by atoms with van der Waals surface area (Å²) < 4.78 is 28.7. The van der Waals surface area contributed by atoms with Gasteiger partial charge < -0.3 is 5.11 Å². The van der Waals surface area contributed by atoms with Gasteiger partial charge in [0.05, 0.1) is 0 Å². The van der Waals surface area contributed by atoms with Gasteiger partial charge in [-0.1, -0.05) is 19.8 Å². The molecule has 1 saturated heterocycles. The normalized spacial score (nSPS) is 24.4. The molecule has 0 aromatic heterocycles. The third kappa shape index (κ3) is 3.29. The van der Waals surface area contributed by atoms with Gasteiger partial charge in [-0.25, -0.2) is 0 Å². The van der Waals surface area contributed by atoms with Crippen molar-refractivity contribution in [2.45, 2.75) is 51.5 Å². The molecule has 0 atom stereocenters. The van der Waals surface area contributed by atoms with Crippen molar-refractivity contribution in [3.05, 3.63) is 0 Å². The number of hydrogen-bond donors (Lipinski definition) is 1. The van der Waals surface area contributed by atoms with Gasteiger partial charge in [0.1, 0.15) is 0 Å². The summed E-state index contributed by atoms with van der Waals surface area (Å²) in [7, 11) is -3.30. The van der Waals surface area contributed by atoms with Crippen LogP contribution in [0.3, 0.4) is 0 Å². The number of hydrogen-bond acceptors (Lipinski definition) is 3. The molecule has 0 aromatic rings. The number of nitrogens with zero attached hydrogens (tertiary/aromatic N) is 2. The van der Waals surface area contributed by atoms with E-state index in [0.29, 0.717) is 19.6 Å². The maximum atomic E-state index is 12.7. The van der Waals surface area contributed by atoms with Crippen LogP contribution >= 0.6 is 0 Å². The summed E-state index contributed by atoms with van der Waals surface area (Å²) in [6.45, 7) is 3.77. The monoisotopic (exact) mass is 290 g/mol. The second-order valence-corrected chi connectivity index (χ2v) is 7.56. The molecule has 1 N–H and O–H groups in total. The molecule has 0 amide bonds. The Morgan fingerprint density at radius 2 is 1.74 bits per heavy atom. The Balaban J connectivity index is 2.03. The molecule has 2 aliphatic rings. The number of rotatable bonds is 5. The summed E-state index contributed by atoms with van der Waals surface area (Å²) >= 11 is 0. The molecule has 2 rings (SSSR count). The van der Waals surface area contributed by atoms with Crippen LogP contribution in [0.2, 0.25) is 0 Å². The molecular weight excluding hydrogens is 264 g/mol. The first-order valence-electron chi connectivity index (χ1n) is 7.47. The lowest BCUT2D eigenvalue weighted by Crippen LogP contribution is -2.50. The second kappa shape index (κ2) is 6.52. The molecule has 5 nitrogen and oxygen atoms in total. The van der Waals surface area contributed by atoms with Crippen LogP contribution in [0.5, 0.6) is 0 Å². The topological polar surface area (TPSA) is 60.9 Å². The van der Waals surface area contributed by atoms with Gasteiger partial charge in [-0.05, 0) is 31.6 Å². The molecule has 0 unspecified atom stereocenters. The van der Waals surface area contributed by atoms with Gasteiger partial charge in [-0.2, -0.15) is 17.0 Å². The van der Waals surface area contributed by atoms with Gasteiger partial charge in [0.2, 0.25) is 0 Å². The molecule has 0 aromatic carbocycles. The van der Waals surface area contributed by atoms with Gasteiger partial charge in [0, 0.05) is 32.3 Å². The largest absolute Gasteiger partial charge is 0.396 e. The van der Waals surface area contributed by atoms with E-state index in [1.165, 1.54) is 0 Å². The summed E-state index contributed by atoms with van der Waals surface area (Å²) in [4.78, 5) is 0. The molecule has 1 aliphatic carbocycles. The Kier molecular flexibility index (Phi) is 5.22. The van der Waals surface area contributed by atoms with Crippen LogP contribution < -0.4 is 0 Å². The molecule has 0 bridgehead atoms. The summed E-state index contributed by atoms with van der Waals surface area (Å²) in [5, 5.41) is 9.13. The van der Waals surface area contributed by atoms with Gasteiger partial charge in [0.25, 0.3) is 10.2 Å². The van der Waals surface area contributed by atoms with Gasteiger partial charge >= 0.3 is 0 Å². The lowest BCUT2D eigenvalue weighted by atomic mass is 10.00. The van der Waals surface area contributed by atoms with Crippen molar-refractivity contribution in [3.8, 4) is 0 Å². The predicted octanol–water partition coefficient (Wildman–Crippen LogP) is 1.20. The zero-order valence-corrected chi connectivity index (χ0v) is 12.6. The highest BCUT2D eigenvalue weighted by molar-refractivity contribution is 7.86. The zero-order chi connectivity index (χ0) is 13.9. The summed E-state index contributed by atoms with van der Waals surface area (Å²) in [5.74, 6) is 0.271. The van der Waals surface area contributed by atoms with Crippen LogP contribution in [0.4, 0.5) is 0 Å². The van der Waals surface area contributed by atoms with Crippen LogP contribution in [-0.2, 0) is 10.2 Å². The van der Waals surface area contributed by atoms with Gasteiger partial charge in [-0.3, -0.25) is 0 Å². The minimum absolute atomic E-state index is 0.175.